The van der Waals surface area contributed by atoms with E-state index >= 15 is 0 Å². The molecular weight excluding hydrogens is 305 g/mol. The fraction of sp³-hybridized carbons (Fsp3) is 1.00. The van der Waals surface area contributed by atoms with Crippen molar-refractivity contribution >= 4 is 41.2 Å². The van der Waals surface area contributed by atoms with Gasteiger partial charge in [0, 0.05) is 0 Å². The maximum atomic E-state index is 8.97. The van der Waals surface area contributed by atoms with Gasteiger partial charge in [0.15, 0.2) is 0 Å². The second kappa shape index (κ2) is 7.84. The minimum atomic E-state index is -3.53. The molecule has 0 amide bonds. The topological polar surface area (TPSA) is 60.7 Å². The van der Waals surface area contributed by atoms with Gasteiger partial charge in [-0.3, -0.25) is 0 Å². The third-order valence-electron chi connectivity index (χ3n) is 1.23. The molecule has 0 aliphatic heterocycles. The summed E-state index contributed by atoms with van der Waals surface area (Å²) < 4.78 is 0. The Balaban J connectivity index is 0. The van der Waals surface area contributed by atoms with Gasteiger partial charge < -0.3 is 14.7 Å². The minimum absolute atomic E-state index is 0. The van der Waals surface area contributed by atoms with E-state index < -0.39 is 16.8 Å². The Bertz CT molecular complexity index is 152. The summed E-state index contributed by atoms with van der Waals surface area (Å²) in [5.41, 5.74) is 0. The summed E-state index contributed by atoms with van der Waals surface area (Å²) in [6, 6.07) is 0. The molecule has 0 spiro atoms. The predicted octanol–water partition coefficient (Wildman–Crippen LogP) is -0.105. The van der Waals surface area contributed by atoms with Crippen LogP contribution in [0, 0.1) is 0 Å². The third-order valence-corrected chi connectivity index (χ3v) is 6.85. The van der Waals surface area contributed by atoms with Crippen molar-refractivity contribution in [2.24, 2.45) is 0 Å². The standard InChI is InChI=1S/C6H17O3PS.Sb.3H/c1-3-5-11(6-4-2)10(7,8)9;;;;/h7-9H,3-6H2,1-2H3;;;;. The molecular formula is C6H20O3PSSb. The SMILES string of the molecule is CCCS(CCC)=P(O)(O)O.[SbH3]. The van der Waals surface area contributed by atoms with E-state index in [2.05, 4.69) is 0 Å². The van der Waals surface area contributed by atoms with Crippen molar-refractivity contribution in [1.29, 1.82) is 0 Å². The summed E-state index contributed by atoms with van der Waals surface area (Å²) in [7, 11) is -0.564. The summed E-state index contributed by atoms with van der Waals surface area (Å²) in [4.78, 5) is 26.9. The summed E-state index contributed by atoms with van der Waals surface area (Å²) in [5, 5.41) is 0. The van der Waals surface area contributed by atoms with Crippen LogP contribution in [0.5, 0.6) is 0 Å². The van der Waals surface area contributed by atoms with Crippen LogP contribution in [0.2, 0.25) is 0 Å². The van der Waals surface area contributed by atoms with Gasteiger partial charge in [-0.15, -0.1) is 10.1 Å². The fourth-order valence-corrected chi connectivity index (χ4v) is 5.02. The molecule has 0 bridgehead atoms. The van der Waals surface area contributed by atoms with Crippen LogP contribution in [0.3, 0.4) is 0 Å². The number of hydrogen-bond acceptors (Lipinski definition) is 0. The first-order valence-electron chi connectivity index (χ1n) is 3.77. The van der Waals surface area contributed by atoms with Gasteiger partial charge in [-0.25, -0.2) is 0 Å². The van der Waals surface area contributed by atoms with E-state index in [9.17, 15) is 0 Å². The zero-order chi connectivity index (χ0) is 8.91. The van der Waals surface area contributed by atoms with E-state index in [-0.39, 0.29) is 24.4 Å². The molecule has 0 atom stereocenters. The Morgan fingerprint density at radius 2 is 1.33 bits per heavy atom. The Morgan fingerprint density at radius 3 is 1.50 bits per heavy atom. The zero-order valence-electron chi connectivity index (χ0n) is 7.73. The van der Waals surface area contributed by atoms with Crippen LogP contribution >= 0.6 is 6.72 Å². The van der Waals surface area contributed by atoms with Crippen molar-refractivity contribution in [3.8, 4) is 0 Å². The van der Waals surface area contributed by atoms with Crippen LogP contribution in [-0.4, -0.2) is 50.6 Å². The Hall–Kier alpha value is 1.48. The van der Waals surface area contributed by atoms with Crippen molar-refractivity contribution < 1.29 is 14.7 Å². The molecule has 0 aliphatic rings. The molecule has 0 unspecified atom stereocenters. The van der Waals surface area contributed by atoms with Crippen molar-refractivity contribution in [2.75, 3.05) is 11.5 Å². The molecule has 12 heavy (non-hydrogen) atoms. The van der Waals surface area contributed by atoms with E-state index in [1.54, 1.807) is 0 Å². The molecule has 0 saturated heterocycles. The Morgan fingerprint density at radius 1 is 1.00 bits per heavy atom. The van der Waals surface area contributed by atoms with E-state index in [1.165, 1.54) is 0 Å². The van der Waals surface area contributed by atoms with Crippen LogP contribution in [0.4, 0.5) is 0 Å². The summed E-state index contributed by atoms with van der Waals surface area (Å²) in [6.07, 6.45) is 1.79. The average Bonchev–Trinajstić information content (AvgIpc) is 1.85. The van der Waals surface area contributed by atoms with Gasteiger partial charge in [0.05, 0.1) is 0 Å². The fourth-order valence-electron chi connectivity index (χ4n) is 0.818. The van der Waals surface area contributed by atoms with Gasteiger partial charge in [-0.1, -0.05) is 13.8 Å². The van der Waals surface area contributed by atoms with E-state index in [4.69, 9.17) is 14.7 Å². The van der Waals surface area contributed by atoms with Crippen LogP contribution in [0.15, 0.2) is 0 Å². The second-order valence-corrected chi connectivity index (χ2v) is 8.17. The molecule has 0 heterocycles. The average molecular weight is 325 g/mol. The molecule has 0 aromatic heterocycles. The second-order valence-electron chi connectivity index (χ2n) is 2.38. The predicted molar refractivity (Wildman–Crippen MR) is 61.2 cm³/mol. The monoisotopic (exact) mass is 324 g/mol. The van der Waals surface area contributed by atoms with E-state index in [0.717, 1.165) is 24.3 Å². The number of hydrogen-bond donors (Lipinski definition) is 3. The first-order chi connectivity index (χ1) is 5.02. The molecule has 0 aliphatic carbocycles. The van der Waals surface area contributed by atoms with Crippen molar-refractivity contribution in [1.82, 2.24) is 0 Å². The number of rotatable bonds is 4. The zero-order valence-corrected chi connectivity index (χ0v) is 13.5. The van der Waals surface area contributed by atoms with Crippen LogP contribution in [-0.2, 0) is 10.1 Å². The van der Waals surface area contributed by atoms with Gasteiger partial charge in [-0.05, 0) is 24.3 Å². The maximum absolute atomic E-state index is 8.97. The molecule has 3 nitrogen and oxygen atoms in total. The molecule has 6 heteroatoms. The summed E-state index contributed by atoms with van der Waals surface area (Å²) in [6.45, 7) is 0.424. The molecule has 78 valence electrons. The normalized spacial score (nSPS) is 11.5. The Labute approximate surface area is 93.8 Å². The van der Waals surface area contributed by atoms with Gasteiger partial charge in [-0.2, -0.15) is 0 Å². The summed E-state index contributed by atoms with van der Waals surface area (Å²) in [5.74, 6) is 1.45. The van der Waals surface area contributed by atoms with Crippen molar-refractivity contribution in [2.45, 2.75) is 26.7 Å². The first-order valence-corrected chi connectivity index (χ1v) is 7.59. The molecule has 3 N–H and O–H groups in total. The molecule has 0 fully saturated rings. The van der Waals surface area contributed by atoms with Crippen molar-refractivity contribution in [3.63, 3.8) is 0 Å². The van der Waals surface area contributed by atoms with Gasteiger partial charge in [0.2, 0.25) is 0 Å². The van der Waals surface area contributed by atoms with Crippen LogP contribution in [0.25, 0.3) is 0 Å². The molecule has 0 radical (unpaired) electrons. The van der Waals surface area contributed by atoms with Crippen LogP contribution in [0.1, 0.15) is 26.7 Å². The Kier molecular flexibility index (Phi) is 10.4. The molecule has 0 saturated carbocycles. The molecule has 0 rings (SSSR count). The van der Waals surface area contributed by atoms with Gasteiger partial charge in [0.1, 0.15) is 0 Å². The summed E-state index contributed by atoms with van der Waals surface area (Å²) >= 11 is 0. The van der Waals surface area contributed by atoms with Gasteiger partial charge >= 0.3 is 24.4 Å². The third kappa shape index (κ3) is 6.94. The van der Waals surface area contributed by atoms with Gasteiger partial charge in [0.25, 0.3) is 6.72 Å². The van der Waals surface area contributed by atoms with Crippen molar-refractivity contribution in [3.05, 3.63) is 0 Å². The van der Waals surface area contributed by atoms with E-state index in [0.29, 0.717) is 0 Å². The van der Waals surface area contributed by atoms with Crippen LogP contribution < -0.4 is 0 Å². The quantitative estimate of drug-likeness (QED) is 0.500. The molecule has 0 aromatic rings. The first kappa shape index (κ1) is 15.9. The molecule has 0 aromatic carbocycles. The van der Waals surface area contributed by atoms with E-state index in [1.807, 2.05) is 13.8 Å².